The molecule has 0 saturated carbocycles. The standard InChI is InChI=1S/C29H43N3O3/c1-20(2)11-12-29(25(26(33)34)35-27(4,5)6)21(3)31-19-23(22-10-9-15-30-18-22)24(29)32-16-13-28(7,8)14-17-32/h9-12,15,18-20,24-25H,13-14,16-17H2,1-8H3,(H,33,34). The Hall–Kier alpha value is -2.31. The van der Waals surface area contributed by atoms with E-state index in [1.807, 2.05) is 52.2 Å². The molecular weight excluding hydrogens is 438 g/mol. The van der Waals surface area contributed by atoms with Crippen LogP contribution in [0.25, 0.3) is 5.57 Å². The van der Waals surface area contributed by atoms with Gasteiger partial charge in [-0.25, -0.2) is 4.79 Å². The van der Waals surface area contributed by atoms with E-state index in [0.29, 0.717) is 0 Å². The molecule has 3 atom stereocenters. The third kappa shape index (κ3) is 6.10. The number of aromatic nitrogens is 1. The predicted octanol–water partition coefficient (Wildman–Crippen LogP) is 5.85. The van der Waals surface area contributed by atoms with Crippen molar-refractivity contribution >= 4 is 17.3 Å². The van der Waals surface area contributed by atoms with Gasteiger partial charge in [-0.15, -0.1) is 0 Å². The first-order chi connectivity index (χ1) is 16.3. The van der Waals surface area contributed by atoms with Gasteiger partial charge in [0.2, 0.25) is 0 Å². The van der Waals surface area contributed by atoms with E-state index in [4.69, 9.17) is 9.73 Å². The number of allylic oxidation sites excluding steroid dienone is 1. The Kier molecular flexibility index (Phi) is 8.07. The molecule has 2 aliphatic rings. The number of aliphatic carboxylic acids is 1. The van der Waals surface area contributed by atoms with Gasteiger partial charge < -0.3 is 9.84 Å². The minimum Gasteiger partial charge on any atom is -0.479 e. The van der Waals surface area contributed by atoms with Crippen LogP contribution >= 0.6 is 0 Å². The van der Waals surface area contributed by atoms with Crippen LogP contribution in [-0.4, -0.2) is 57.5 Å². The van der Waals surface area contributed by atoms with Crippen molar-refractivity contribution in [2.24, 2.45) is 21.7 Å². The number of hydrogen-bond acceptors (Lipinski definition) is 5. The molecule has 3 rings (SSSR count). The third-order valence-corrected chi connectivity index (χ3v) is 7.17. The van der Waals surface area contributed by atoms with E-state index < -0.39 is 23.1 Å². The number of ether oxygens (including phenoxy) is 1. The van der Waals surface area contributed by atoms with E-state index >= 15 is 0 Å². The highest BCUT2D eigenvalue weighted by atomic mass is 16.5. The number of pyridine rings is 1. The van der Waals surface area contributed by atoms with Crippen molar-refractivity contribution < 1.29 is 14.6 Å². The zero-order valence-corrected chi connectivity index (χ0v) is 22.7. The molecule has 1 aromatic heterocycles. The Bertz CT molecular complexity index is 978. The fourth-order valence-corrected chi connectivity index (χ4v) is 5.15. The number of carboxylic acid groups (broad SMARTS) is 1. The van der Waals surface area contributed by atoms with Gasteiger partial charge in [-0.1, -0.05) is 45.9 Å². The van der Waals surface area contributed by atoms with Crippen LogP contribution in [0.1, 0.15) is 73.8 Å². The number of hydrogen-bond donors (Lipinski definition) is 1. The van der Waals surface area contributed by atoms with Crippen molar-refractivity contribution in [2.45, 2.75) is 86.0 Å². The molecule has 1 N–H and O–H groups in total. The zero-order chi connectivity index (χ0) is 26.0. The van der Waals surface area contributed by atoms with Gasteiger partial charge in [-0.3, -0.25) is 14.9 Å². The predicted molar refractivity (Wildman–Crippen MR) is 142 cm³/mol. The van der Waals surface area contributed by atoms with Crippen LogP contribution in [-0.2, 0) is 9.53 Å². The van der Waals surface area contributed by atoms with Crippen LogP contribution in [0.2, 0.25) is 0 Å². The molecule has 0 aromatic carbocycles. The van der Waals surface area contributed by atoms with E-state index in [1.165, 1.54) is 0 Å². The number of likely N-dealkylation sites (tertiary alicyclic amines) is 1. The first-order valence-corrected chi connectivity index (χ1v) is 12.8. The van der Waals surface area contributed by atoms with Gasteiger partial charge in [0.15, 0.2) is 6.10 Å². The van der Waals surface area contributed by atoms with Crippen LogP contribution in [0.5, 0.6) is 0 Å². The second-order valence-electron chi connectivity index (χ2n) is 12.1. The molecule has 0 radical (unpaired) electrons. The number of aliphatic imine (C=N–C) groups is 1. The van der Waals surface area contributed by atoms with Gasteiger partial charge in [-0.2, -0.15) is 0 Å². The summed E-state index contributed by atoms with van der Waals surface area (Å²) in [4.78, 5) is 24.6. The smallest absolute Gasteiger partial charge is 0.334 e. The highest BCUT2D eigenvalue weighted by molar-refractivity contribution is 6.00. The Balaban J connectivity index is 2.29. The van der Waals surface area contributed by atoms with E-state index in [2.05, 4.69) is 49.7 Å². The van der Waals surface area contributed by atoms with E-state index in [9.17, 15) is 9.90 Å². The van der Waals surface area contributed by atoms with Crippen molar-refractivity contribution in [1.82, 2.24) is 9.88 Å². The zero-order valence-electron chi connectivity index (χ0n) is 22.7. The van der Waals surface area contributed by atoms with E-state index in [0.717, 1.165) is 42.8 Å². The molecule has 192 valence electrons. The van der Waals surface area contributed by atoms with Gasteiger partial charge in [-0.05, 0) is 82.2 Å². The summed E-state index contributed by atoms with van der Waals surface area (Å²) in [6.07, 6.45) is 10.7. The van der Waals surface area contributed by atoms with Crippen LogP contribution in [0.3, 0.4) is 0 Å². The molecule has 2 aliphatic heterocycles. The number of rotatable bonds is 7. The van der Waals surface area contributed by atoms with Crippen molar-refractivity contribution in [3.8, 4) is 0 Å². The summed E-state index contributed by atoms with van der Waals surface area (Å²) in [7, 11) is 0. The number of carbonyl (C=O) groups is 1. The van der Waals surface area contributed by atoms with Gasteiger partial charge in [0, 0.05) is 24.3 Å². The molecule has 0 amide bonds. The summed E-state index contributed by atoms with van der Waals surface area (Å²) in [5.74, 6) is -0.727. The molecule has 3 heterocycles. The molecule has 3 unspecified atom stereocenters. The third-order valence-electron chi connectivity index (χ3n) is 7.17. The molecule has 0 bridgehead atoms. The Morgan fingerprint density at radius 2 is 1.91 bits per heavy atom. The largest absolute Gasteiger partial charge is 0.479 e. The summed E-state index contributed by atoms with van der Waals surface area (Å²) >= 11 is 0. The average Bonchev–Trinajstić information content (AvgIpc) is 2.77. The van der Waals surface area contributed by atoms with Gasteiger partial charge in [0.05, 0.1) is 17.1 Å². The lowest BCUT2D eigenvalue weighted by Crippen LogP contribution is -2.63. The summed E-state index contributed by atoms with van der Waals surface area (Å²) in [5, 5.41) is 10.6. The van der Waals surface area contributed by atoms with Crippen LogP contribution in [0.15, 0.2) is 47.9 Å². The maximum absolute atomic E-state index is 13.0. The highest BCUT2D eigenvalue weighted by Gasteiger charge is 2.56. The first kappa shape index (κ1) is 27.3. The Morgan fingerprint density at radius 1 is 1.26 bits per heavy atom. The lowest BCUT2D eigenvalue weighted by atomic mass is 9.65. The highest BCUT2D eigenvalue weighted by Crippen LogP contribution is 2.48. The molecule has 1 aromatic rings. The first-order valence-electron chi connectivity index (χ1n) is 12.8. The lowest BCUT2D eigenvalue weighted by molar-refractivity contribution is -0.170. The number of carboxylic acids is 1. The molecule has 6 nitrogen and oxygen atoms in total. The quantitative estimate of drug-likeness (QED) is 0.494. The van der Waals surface area contributed by atoms with Gasteiger partial charge in [0.1, 0.15) is 0 Å². The Morgan fingerprint density at radius 3 is 2.43 bits per heavy atom. The van der Waals surface area contributed by atoms with Crippen molar-refractivity contribution in [2.75, 3.05) is 13.1 Å². The molecule has 35 heavy (non-hydrogen) atoms. The van der Waals surface area contributed by atoms with Crippen LogP contribution in [0.4, 0.5) is 0 Å². The minimum atomic E-state index is -1.11. The lowest BCUT2D eigenvalue weighted by Gasteiger charge is -2.52. The molecule has 0 spiro atoms. The van der Waals surface area contributed by atoms with Crippen LogP contribution < -0.4 is 0 Å². The monoisotopic (exact) mass is 481 g/mol. The summed E-state index contributed by atoms with van der Waals surface area (Å²) in [5.41, 5.74) is 1.34. The average molecular weight is 482 g/mol. The molecule has 0 aliphatic carbocycles. The maximum atomic E-state index is 13.0. The fourth-order valence-electron chi connectivity index (χ4n) is 5.15. The summed E-state index contributed by atoms with van der Waals surface area (Å²) < 4.78 is 6.39. The second kappa shape index (κ2) is 10.4. The maximum Gasteiger partial charge on any atom is 0.334 e. The van der Waals surface area contributed by atoms with Gasteiger partial charge >= 0.3 is 5.97 Å². The molecule has 6 heteroatoms. The summed E-state index contributed by atoms with van der Waals surface area (Å²) in [6.45, 7) is 18.3. The molecule has 1 saturated heterocycles. The topological polar surface area (TPSA) is 75.0 Å². The number of piperidine rings is 1. The van der Waals surface area contributed by atoms with Crippen molar-refractivity contribution in [1.29, 1.82) is 0 Å². The number of nitrogens with zero attached hydrogens (tertiary/aromatic N) is 3. The Labute approximate surface area is 211 Å². The SMILES string of the molecule is CC1=NC=C(c2cccnc2)C(N2CCC(C)(C)CC2)C1(C=CC(C)C)C(OC(C)(C)C)C(=O)O. The minimum absolute atomic E-state index is 0.248. The van der Waals surface area contributed by atoms with E-state index in [-0.39, 0.29) is 17.4 Å². The molecular formula is C29H43N3O3. The fraction of sp³-hybridized carbons (Fsp3) is 0.621. The second-order valence-corrected chi connectivity index (χ2v) is 12.1. The van der Waals surface area contributed by atoms with E-state index in [1.54, 1.807) is 6.20 Å². The van der Waals surface area contributed by atoms with Gasteiger partial charge in [0.25, 0.3) is 0 Å². The normalized spacial score (nSPS) is 26.5. The van der Waals surface area contributed by atoms with Crippen molar-refractivity contribution in [3.63, 3.8) is 0 Å². The van der Waals surface area contributed by atoms with Crippen LogP contribution in [0, 0.1) is 16.7 Å². The summed E-state index contributed by atoms with van der Waals surface area (Å²) in [6, 6.07) is 3.70. The molecule has 1 fully saturated rings. The van der Waals surface area contributed by atoms with Crippen molar-refractivity contribution in [3.05, 3.63) is 48.4 Å².